The maximum atomic E-state index is 2.80. The SMILES string of the molecule is CCC1CN2CCCCC2CN1C(C)C(C)C. The van der Waals surface area contributed by atoms with E-state index in [0.29, 0.717) is 0 Å². The predicted molar refractivity (Wildman–Crippen MR) is 74.3 cm³/mol. The van der Waals surface area contributed by atoms with E-state index in [4.69, 9.17) is 0 Å². The lowest BCUT2D eigenvalue weighted by molar-refractivity contribution is -0.0211. The van der Waals surface area contributed by atoms with Crippen LogP contribution in [0.5, 0.6) is 0 Å². The second-order valence-corrected chi connectivity index (χ2v) is 6.39. The summed E-state index contributed by atoms with van der Waals surface area (Å²) in [4.78, 5) is 5.57. The predicted octanol–water partition coefficient (Wildman–Crippen LogP) is 2.98. The molecule has 0 radical (unpaired) electrons. The van der Waals surface area contributed by atoms with Gasteiger partial charge in [0.25, 0.3) is 0 Å². The lowest BCUT2D eigenvalue weighted by Gasteiger charge is -2.51. The number of fused-ring (bicyclic) bond motifs is 1. The summed E-state index contributed by atoms with van der Waals surface area (Å²) in [6.07, 6.45) is 5.60. The zero-order chi connectivity index (χ0) is 12.4. The number of rotatable bonds is 3. The second-order valence-electron chi connectivity index (χ2n) is 6.39. The molecule has 2 heteroatoms. The Morgan fingerprint density at radius 1 is 1.12 bits per heavy atom. The Labute approximate surface area is 107 Å². The fourth-order valence-corrected chi connectivity index (χ4v) is 3.52. The molecule has 2 nitrogen and oxygen atoms in total. The van der Waals surface area contributed by atoms with Gasteiger partial charge in [-0.2, -0.15) is 0 Å². The monoisotopic (exact) mass is 238 g/mol. The molecule has 0 aromatic heterocycles. The average Bonchev–Trinajstić information content (AvgIpc) is 2.36. The van der Waals surface area contributed by atoms with E-state index in [1.54, 1.807) is 0 Å². The molecule has 3 unspecified atom stereocenters. The van der Waals surface area contributed by atoms with E-state index in [2.05, 4.69) is 37.5 Å². The van der Waals surface area contributed by atoms with Crippen molar-refractivity contribution in [2.45, 2.75) is 71.5 Å². The van der Waals surface area contributed by atoms with Crippen molar-refractivity contribution in [2.24, 2.45) is 5.92 Å². The largest absolute Gasteiger partial charge is 0.298 e. The summed E-state index contributed by atoms with van der Waals surface area (Å²) < 4.78 is 0. The van der Waals surface area contributed by atoms with Gasteiger partial charge in [-0.05, 0) is 38.6 Å². The van der Waals surface area contributed by atoms with Crippen LogP contribution in [0.1, 0.15) is 53.4 Å². The Kier molecular flexibility index (Phi) is 4.48. The van der Waals surface area contributed by atoms with Gasteiger partial charge in [0.1, 0.15) is 0 Å². The highest BCUT2D eigenvalue weighted by molar-refractivity contribution is 4.92. The molecule has 2 aliphatic rings. The average molecular weight is 238 g/mol. The van der Waals surface area contributed by atoms with Crippen LogP contribution in [0, 0.1) is 5.92 Å². The van der Waals surface area contributed by atoms with Gasteiger partial charge in [-0.15, -0.1) is 0 Å². The molecule has 2 aliphatic heterocycles. The zero-order valence-electron chi connectivity index (χ0n) is 12.2. The van der Waals surface area contributed by atoms with Crippen molar-refractivity contribution < 1.29 is 0 Å². The number of nitrogens with zero attached hydrogens (tertiary/aromatic N) is 2. The molecule has 2 heterocycles. The number of piperazine rings is 1. The fourth-order valence-electron chi connectivity index (χ4n) is 3.52. The van der Waals surface area contributed by atoms with Crippen LogP contribution < -0.4 is 0 Å². The van der Waals surface area contributed by atoms with Crippen LogP contribution in [-0.2, 0) is 0 Å². The van der Waals surface area contributed by atoms with Crippen molar-refractivity contribution in [3.63, 3.8) is 0 Å². The van der Waals surface area contributed by atoms with Crippen molar-refractivity contribution in [3.05, 3.63) is 0 Å². The Hall–Kier alpha value is -0.0800. The van der Waals surface area contributed by atoms with Gasteiger partial charge in [0.05, 0.1) is 0 Å². The van der Waals surface area contributed by atoms with Crippen LogP contribution in [0.4, 0.5) is 0 Å². The lowest BCUT2D eigenvalue weighted by atomic mass is 9.92. The smallest absolute Gasteiger partial charge is 0.0224 e. The van der Waals surface area contributed by atoms with Crippen molar-refractivity contribution in [3.8, 4) is 0 Å². The van der Waals surface area contributed by atoms with Gasteiger partial charge in [0, 0.05) is 31.2 Å². The zero-order valence-corrected chi connectivity index (χ0v) is 12.2. The van der Waals surface area contributed by atoms with E-state index in [1.807, 2.05) is 0 Å². The quantitative estimate of drug-likeness (QED) is 0.746. The molecule has 0 amide bonds. The lowest BCUT2D eigenvalue weighted by Crippen LogP contribution is -2.62. The third-order valence-electron chi connectivity index (χ3n) is 5.04. The molecule has 17 heavy (non-hydrogen) atoms. The molecular weight excluding hydrogens is 208 g/mol. The third-order valence-corrected chi connectivity index (χ3v) is 5.04. The first-order chi connectivity index (χ1) is 8.13. The maximum Gasteiger partial charge on any atom is 0.0224 e. The first kappa shape index (κ1) is 13.4. The summed E-state index contributed by atoms with van der Waals surface area (Å²) in [7, 11) is 0. The standard InChI is InChI=1S/C15H30N2/c1-5-14-10-16-9-7-6-8-15(16)11-17(14)13(4)12(2)3/h12-15H,5-11H2,1-4H3. The van der Waals surface area contributed by atoms with Gasteiger partial charge in [-0.25, -0.2) is 0 Å². The topological polar surface area (TPSA) is 6.48 Å². The molecule has 0 saturated carbocycles. The summed E-state index contributed by atoms with van der Waals surface area (Å²) in [6.45, 7) is 13.5. The van der Waals surface area contributed by atoms with E-state index in [0.717, 1.165) is 24.0 Å². The number of piperidine rings is 1. The number of hydrogen-bond acceptors (Lipinski definition) is 2. The molecule has 2 rings (SSSR count). The summed E-state index contributed by atoms with van der Waals surface area (Å²) in [5.74, 6) is 0.777. The Morgan fingerprint density at radius 2 is 1.88 bits per heavy atom. The molecule has 0 bridgehead atoms. The highest BCUT2D eigenvalue weighted by Crippen LogP contribution is 2.28. The van der Waals surface area contributed by atoms with E-state index >= 15 is 0 Å². The van der Waals surface area contributed by atoms with Crippen molar-refractivity contribution >= 4 is 0 Å². The second kappa shape index (κ2) is 5.71. The molecule has 0 N–H and O–H groups in total. The highest BCUT2D eigenvalue weighted by Gasteiger charge is 2.36. The van der Waals surface area contributed by atoms with Crippen LogP contribution in [0.15, 0.2) is 0 Å². The Bertz CT molecular complexity index is 239. The van der Waals surface area contributed by atoms with Crippen molar-refractivity contribution in [2.75, 3.05) is 19.6 Å². The minimum Gasteiger partial charge on any atom is -0.298 e. The molecule has 3 atom stereocenters. The normalized spacial score (nSPS) is 33.7. The van der Waals surface area contributed by atoms with Gasteiger partial charge < -0.3 is 0 Å². The highest BCUT2D eigenvalue weighted by atomic mass is 15.3. The van der Waals surface area contributed by atoms with Gasteiger partial charge in [-0.3, -0.25) is 9.80 Å². The van der Waals surface area contributed by atoms with Crippen molar-refractivity contribution in [1.29, 1.82) is 0 Å². The molecule has 0 aromatic rings. The Morgan fingerprint density at radius 3 is 2.53 bits per heavy atom. The van der Waals surface area contributed by atoms with Crippen LogP contribution >= 0.6 is 0 Å². The van der Waals surface area contributed by atoms with E-state index < -0.39 is 0 Å². The van der Waals surface area contributed by atoms with Crippen LogP contribution in [0.25, 0.3) is 0 Å². The summed E-state index contributed by atoms with van der Waals surface area (Å²) in [6, 6.07) is 2.39. The number of hydrogen-bond donors (Lipinski definition) is 0. The van der Waals surface area contributed by atoms with Crippen LogP contribution in [-0.4, -0.2) is 47.6 Å². The third kappa shape index (κ3) is 2.85. The molecule has 0 spiro atoms. The van der Waals surface area contributed by atoms with Gasteiger partial charge in [0.2, 0.25) is 0 Å². The summed E-state index contributed by atoms with van der Waals surface area (Å²) in [5, 5.41) is 0. The molecular formula is C15H30N2. The fraction of sp³-hybridized carbons (Fsp3) is 1.00. The van der Waals surface area contributed by atoms with Gasteiger partial charge in [-0.1, -0.05) is 27.2 Å². The van der Waals surface area contributed by atoms with Crippen LogP contribution in [0.3, 0.4) is 0 Å². The minimum atomic E-state index is 0.740. The van der Waals surface area contributed by atoms with Gasteiger partial charge in [0.15, 0.2) is 0 Å². The molecule has 0 aliphatic carbocycles. The summed E-state index contributed by atoms with van der Waals surface area (Å²) >= 11 is 0. The van der Waals surface area contributed by atoms with E-state index in [1.165, 1.54) is 45.3 Å². The van der Waals surface area contributed by atoms with Crippen molar-refractivity contribution in [1.82, 2.24) is 9.80 Å². The molecule has 2 saturated heterocycles. The Balaban J connectivity index is 2.04. The first-order valence-corrected chi connectivity index (χ1v) is 7.63. The molecule has 2 fully saturated rings. The summed E-state index contributed by atoms with van der Waals surface area (Å²) in [5.41, 5.74) is 0. The molecule has 0 aromatic carbocycles. The maximum absolute atomic E-state index is 2.80. The van der Waals surface area contributed by atoms with E-state index in [9.17, 15) is 0 Å². The first-order valence-electron chi connectivity index (χ1n) is 7.63. The van der Waals surface area contributed by atoms with Gasteiger partial charge >= 0.3 is 0 Å². The van der Waals surface area contributed by atoms with Crippen LogP contribution in [0.2, 0.25) is 0 Å². The minimum absolute atomic E-state index is 0.740. The molecule has 100 valence electrons. The van der Waals surface area contributed by atoms with E-state index in [-0.39, 0.29) is 0 Å².